The third-order valence-electron chi connectivity index (χ3n) is 3.81. The van der Waals surface area contributed by atoms with Gasteiger partial charge in [-0.15, -0.1) is 0 Å². The van der Waals surface area contributed by atoms with Gasteiger partial charge in [-0.25, -0.2) is 9.59 Å². The SMILES string of the molecule is COC(=O)[C@]1(O)OC(=O)C(c2ccc(O)cc2)=C1c1ccc(O)cc1. The molecule has 0 aliphatic carbocycles. The maximum Gasteiger partial charge on any atom is 0.384 e. The highest BCUT2D eigenvalue weighted by Crippen LogP contribution is 2.43. The molecule has 128 valence electrons. The van der Waals surface area contributed by atoms with E-state index in [1.807, 2.05) is 0 Å². The minimum absolute atomic E-state index is 0.00914. The Kier molecular flexibility index (Phi) is 3.94. The molecule has 0 radical (unpaired) electrons. The zero-order valence-corrected chi connectivity index (χ0v) is 13.1. The van der Waals surface area contributed by atoms with Crippen molar-refractivity contribution in [2.75, 3.05) is 7.11 Å². The number of aliphatic hydroxyl groups is 1. The molecule has 1 heterocycles. The fraction of sp³-hybridized carbons (Fsp3) is 0.111. The predicted molar refractivity (Wildman–Crippen MR) is 86.1 cm³/mol. The Labute approximate surface area is 142 Å². The fourth-order valence-electron chi connectivity index (χ4n) is 2.65. The van der Waals surface area contributed by atoms with Crippen LogP contribution < -0.4 is 0 Å². The van der Waals surface area contributed by atoms with Gasteiger partial charge in [-0.2, -0.15) is 0 Å². The molecule has 1 aliphatic heterocycles. The van der Waals surface area contributed by atoms with Crippen LogP contribution in [0, 0.1) is 0 Å². The molecule has 7 nitrogen and oxygen atoms in total. The van der Waals surface area contributed by atoms with Gasteiger partial charge in [0.1, 0.15) is 11.5 Å². The third kappa shape index (κ3) is 2.70. The topological polar surface area (TPSA) is 113 Å². The summed E-state index contributed by atoms with van der Waals surface area (Å²) in [5.41, 5.74) is 0.485. The highest BCUT2D eigenvalue weighted by Gasteiger charge is 2.54. The number of methoxy groups -OCH3 is 1. The minimum Gasteiger partial charge on any atom is -0.508 e. The maximum absolute atomic E-state index is 12.4. The van der Waals surface area contributed by atoms with Crippen LogP contribution in [0.2, 0.25) is 0 Å². The molecule has 0 saturated carbocycles. The second kappa shape index (κ2) is 5.95. The van der Waals surface area contributed by atoms with Crippen LogP contribution in [0.4, 0.5) is 0 Å². The molecule has 0 fully saturated rings. The van der Waals surface area contributed by atoms with Crippen molar-refractivity contribution in [1.29, 1.82) is 0 Å². The summed E-state index contributed by atoms with van der Waals surface area (Å²) < 4.78 is 9.51. The maximum atomic E-state index is 12.4. The van der Waals surface area contributed by atoms with Crippen LogP contribution in [0.15, 0.2) is 48.5 Å². The Morgan fingerprint density at radius 3 is 1.92 bits per heavy atom. The summed E-state index contributed by atoms with van der Waals surface area (Å²) in [5.74, 6) is -4.72. The lowest BCUT2D eigenvalue weighted by Gasteiger charge is -2.22. The molecule has 2 aromatic rings. The second-order valence-electron chi connectivity index (χ2n) is 5.37. The van der Waals surface area contributed by atoms with E-state index in [1.54, 1.807) is 0 Å². The molecule has 0 spiro atoms. The van der Waals surface area contributed by atoms with Gasteiger partial charge in [-0.05, 0) is 35.4 Å². The fourth-order valence-corrected chi connectivity index (χ4v) is 2.65. The first kappa shape index (κ1) is 16.5. The molecule has 3 N–H and O–H groups in total. The zero-order chi connectivity index (χ0) is 18.2. The van der Waals surface area contributed by atoms with Crippen molar-refractivity contribution >= 4 is 23.1 Å². The van der Waals surface area contributed by atoms with E-state index >= 15 is 0 Å². The van der Waals surface area contributed by atoms with Crippen LogP contribution in [-0.4, -0.2) is 40.2 Å². The Morgan fingerprint density at radius 2 is 1.44 bits per heavy atom. The van der Waals surface area contributed by atoms with Crippen molar-refractivity contribution in [1.82, 2.24) is 0 Å². The number of carbonyl (C=O) groups excluding carboxylic acids is 2. The molecule has 3 rings (SSSR count). The normalized spacial score (nSPS) is 19.7. The lowest BCUT2D eigenvalue weighted by Crippen LogP contribution is -2.41. The van der Waals surface area contributed by atoms with Gasteiger partial charge >= 0.3 is 17.7 Å². The van der Waals surface area contributed by atoms with Gasteiger partial charge in [0.2, 0.25) is 0 Å². The molecular formula is C18H14O7. The van der Waals surface area contributed by atoms with Crippen LogP contribution in [0.25, 0.3) is 11.1 Å². The molecule has 0 unspecified atom stereocenters. The summed E-state index contributed by atoms with van der Waals surface area (Å²) in [5, 5.41) is 29.6. The largest absolute Gasteiger partial charge is 0.508 e. The third-order valence-corrected chi connectivity index (χ3v) is 3.81. The number of carbonyl (C=O) groups is 2. The molecule has 0 aromatic heterocycles. The number of aromatic hydroxyl groups is 2. The Hall–Kier alpha value is -3.32. The first-order chi connectivity index (χ1) is 11.9. The number of benzene rings is 2. The van der Waals surface area contributed by atoms with Crippen molar-refractivity contribution in [3.05, 3.63) is 59.7 Å². The minimum atomic E-state index is -2.62. The lowest BCUT2D eigenvalue weighted by atomic mass is 9.91. The van der Waals surface area contributed by atoms with Gasteiger partial charge in [0.15, 0.2) is 0 Å². The molecular weight excluding hydrogens is 328 g/mol. The van der Waals surface area contributed by atoms with E-state index in [1.165, 1.54) is 48.5 Å². The number of phenolic OH excluding ortho intramolecular Hbond substituents is 2. The van der Waals surface area contributed by atoms with E-state index in [9.17, 15) is 24.9 Å². The monoisotopic (exact) mass is 342 g/mol. The number of esters is 2. The van der Waals surface area contributed by atoms with E-state index in [2.05, 4.69) is 4.74 Å². The Bertz CT molecular complexity index is 865. The summed E-state index contributed by atoms with van der Waals surface area (Å²) in [6, 6.07) is 11.2. The number of rotatable bonds is 3. The number of cyclic esters (lactones) is 1. The van der Waals surface area contributed by atoms with Gasteiger partial charge in [-0.3, -0.25) is 0 Å². The standard InChI is InChI=1S/C18H14O7/c1-24-17(22)18(23)15(11-4-8-13(20)9-5-11)14(16(21)25-18)10-2-6-12(19)7-3-10/h2-9,19-20,23H,1H3/t18-/m1/s1. The number of hydrogen-bond acceptors (Lipinski definition) is 7. The summed E-state index contributed by atoms with van der Waals surface area (Å²) >= 11 is 0. The molecule has 2 aromatic carbocycles. The molecule has 0 saturated heterocycles. The van der Waals surface area contributed by atoms with Crippen LogP contribution in [0.3, 0.4) is 0 Å². The first-order valence-corrected chi connectivity index (χ1v) is 7.24. The summed E-state index contributed by atoms with van der Waals surface area (Å²) in [4.78, 5) is 24.5. The highest BCUT2D eigenvalue weighted by molar-refractivity contribution is 6.31. The molecule has 7 heteroatoms. The van der Waals surface area contributed by atoms with Crippen LogP contribution >= 0.6 is 0 Å². The molecule has 0 amide bonds. The van der Waals surface area contributed by atoms with E-state index in [4.69, 9.17) is 4.74 Å². The smallest absolute Gasteiger partial charge is 0.384 e. The van der Waals surface area contributed by atoms with E-state index < -0.39 is 17.7 Å². The first-order valence-electron chi connectivity index (χ1n) is 7.24. The van der Waals surface area contributed by atoms with Crippen molar-refractivity contribution in [3.8, 4) is 11.5 Å². The van der Waals surface area contributed by atoms with Crippen molar-refractivity contribution in [2.45, 2.75) is 5.79 Å². The predicted octanol–water partition coefficient (Wildman–Crippen LogP) is 1.43. The number of phenols is 2. The highest BCUT2D eigenvalue weighted by atomic mass is 16.7. The van der Waals surface area contributed by atoms with Gasteiger partial charge < -0.3 is 24.8 Å². The van der Waals surface area contributed by atoms with E-state index in [0.717, 1.165) is 7.11 Å². The van der Waals surface area contributed by atoms with Crippen molar-refractivity contribution in [2.24, 2.45) is 0 Å². The zero-order valence-electron chi connectivity index (χ0n) is 13.1. The summed E-state index contributed by atoms with van der Waals surface area (Å²) in [7, 11) is 1.06. The lowest BCUT2D eigenvalue weighted by molar-refractivity contribution is -0.200. The van der Waals surface area contributed by atoms with Crippen molar-refractivity contribution < 1.29 is 34.4 Å². The Morgan fingerprint density at radius 1 is 0.960 bits per heavy atom. The van der Waals surface area contributed by atoms with Crippen molar-refractivity contribution in [3.63, 3.8) is 0 Å². The van der Waals surface area contributed by atoms with Gasteiger partial charge in [0.05, 0.1) is 18.3 Å². The van der Waals surface area contributed by atoms with Gasteiger partial charge in [0.25, 0.3) is 0 Å². The molecule has 1 atom stereocenters. The molecule has 25 heavy (non-hydrogen) atoms. The number of hydrogen-bond donors (Lipinski definition) is 3. The second-order valence-corrected chi connectivity index (χ2v) is 5.37. The van der Waals surface area contributed by atoms with Gasteiger partial charge in [0, 0.05) is 0 Å². The number of ether oxygens (including phenoxy) is 2. The summed E-state index contributed by atoms with van der Waals surface area (Å²) in [6.07, 6.45) is 0. The average molecular weight is 342 g/mol. The van der Waals surface area contributed by atoms with E-state index in [-0.39, 0.29) is 22.6 Å². The average Bonchev–Trinajstić information content (AvgIpc) is 2.87. The Balaban J connectivity index is 2.29. The van der Waals surface area contributed by atoms with Crippen LogP contribution in [-0.2, 0) is 19.1 Å². The van der Waals surface area contributed by atoms with E-state index in [0.29, 0.717) is 11.1 Å². The molecule has 1 aliphatic rings. The molecule has 0 bridgehead atoms. The van der Waals surface area contributed by atoms with Crippen LogP contribution in [0.1, 0.15) is 11.1 Å². The summed E-state index contributed by atoms with van der Waals surface area (Å²) in [6.45, 7) is 0. The van der Waals surface area contributed by atoms with Gasteiger partial charge in [-0.1, -0.05) is 24.3 Å². The van der Waals surface area contributed by atoms with Crippen LogP contribution in [0.5, 0.6) is 11.5 Å². The quantitative estimate of drug-likeness (QED) is 0.723.